The van der Waals surface area contributed by atoms with E-state index >= 15 is 0 Å². The molecule has 0 bridgehead atoms. The number of amides is 1. The first-order valence-corrected chi connectivity index (χ1v) is 8.02. The van der Waals surface area contributed by atoms with E-state index in [9.17, 15) is 13.6 Å². The lowest BCUT2D eigenvalue weighted by molar-refractivity contribution is -0.0502. The molecule has 0 aliphatic carbocycles. The third kappa shape index (κ3) is 3.88. The standard InChI is InChI=1S/C18H16F2N4O2/c19-18(20)26-16-4-2-1-3-15(16)17(25)24-9-7-23(8-10-24)14-6-5-13(11-21)22-12-14/h1-6,12,18H,7-10H2. The van der Waals surface area contributed by atoms with Gasteiger partial charge in [-0.05, 0) is 24.3 Å². The Morgan fingerprint density at radius 1 is 1.15 bits per heavy atom. The Morgan fingerprint density at radius 2 is 1.88 bits per heavy atom. The second-order valence-electron chi connectivity index (χ2n) is 5.67. The van der Waals surface area contributed by atoms with Crippen LogP contribution in [-0.4, -0.2) is 48.6 Å². The highest BCUT2D eigenvalue weighted by Crippen LogP contribution is 2.23. The molecule has 1 fully saturated rings. The second kappa shape index (κ2) is 7.78. The number of rotatable bonds is 4. The average Bonchev–Trinajstić information content (AvgIpc) is 2.68. The molecular formula is C18H16F2N4O2. The molecule has 3 rings (SSSR count). The van der Waals surface area contributed by atoms with Gasteiger partial charge in [-0.2, -0.15) is 14.0 Å². The van der Waals surface area contributed by atoms with Gasteiger partial charge < -0.3 is 14.5 Å². The number of hydrogen-bond acceptors (Lipinski definition) is 5. The minimum Gasteiger partial charge on any atom is -0.434 e. The summed E-state index contributed by atoms with van der Waals surface area (Å²) < 4.78 is 29.5. The number of alkyl halides is 2. The number of benzene rings is 1. The number of nitrogens with zero attached hydrogens (tertiary/aromatic N) is 4. The molecule has 1 saturated heterocycles. The summed E-state index contributed by atoms with van der Waals surface area (Å²) in [5.41, 5.74) is 1.34. The van der Waals surface area contributed by atoms with Crippen LogP contribution in [0.4, 0.5) is 14.5 Å². The number of carbonyl (C=O) groups excluding carboxylic acids is 1. The summed E-state index contributed by atoms with van der Waals surface area (Å²) in [6.45, 7) is -0.928. The zero-order chi connectivity index (χ0) is 18.5. The molecule has 0 saturated carbocycles. The Hall–Kier alpha value is -3.21. The van der Waals surface area contributed by atoms with Crippen LogP contribution in [0.15, 0.2) is 42.6 Å². The zero-order valence-corrected chi connectivity index (χ0v) is 13.8. The lowest BCUT2D eigenvalue weighted by atomic mass is 10.1. The summed E-state index contributed by atoms with van der Waals surface area (Å²) >= 11 is 0. The van der Waals surface area contributed by atoms with Crippen LogP contribution in [0.3, 0.4) is 0 Å². The predicted octanol–water partition coefficient (Wildman–Crippen LogP) is 2.52. The van der Waals surface area contributed by atoms with Crippen molar-refractivity contribution in [2.45, 2.75) is 6.61 Å². The fourth-order valence-electron chi connectivity index (χ4n) is 2.82. The lowest BCUT2D eigenvalue weighted by Crippen LogP contribution is -2.48. The highest BCUT2D eigenvalue weighted by molar-refractivity contribution is 5.97. The van der Waals surface area contributed by atoms with E-state index in [0.29, 0.717) is 31.9 Å². The highest BCUT2D eigenvalue weighted by atomic mass is 19.3. The van der Waals surface area contributed by atoms with Crippen molar-refractivity contribution in [3.05, 3.63) is 53.9 Å². The van der Waals surface area contributed by atoms with Crippen LogP contribution in [0.1, 0.15) is 16.1 Å². The van der Waals surface area contributed by atoms with Gasteiger partial charge in [-0.3, -0.25) is 4.79 Å². The van der Waals surface area contributed by atoms with Gasteiger partial charge in [0.15, 0.2) is 0 Å². The molecule has 0 radical (unpaired) electrons. The fraction of sp³-hybridized carbons (Fsp3) is 0.278. The molecule has 1 aromatic heterocycles. The summed E-state index contributed by atoms with van der Waals surface area (Å²) in [6.07, 6.45) is 1.63. The quantitative estimate of drug-likeness (QED) is 0.840. The molecule has 26 heavy (non-hydrogen) atoms. The van der Waals surface area contributed by atoms with Gasteiger partial charge in [0.25, 0.3) is 5.91 Å². The Bertz CT molecular complexity index is 813. The molecule has 0 N–H and O–H groups in total. The summed E-state index contributed by atoms with van der Waals surface area (Å²) in [5.74, 6) is -0.454. The van der Waals surface area contributed by atoms with Crippen molar-refractivity contribution < 1.29 is 18.3 Å². The van der Waals surface area contributed by atoms with E-state index in [1.54, 1.807) is 29.3 Å². The largest absolute Gasteiger partial charge is 0.434 e. The van der Waals surface area contributed by atoms with Crippen LogP contribution >= 0.6 is 0 Å². The summed E-state index contributed by atoms with van der Waals surface area (Å²) in [7, 11) is 0. The molecule has 1 amide bonds. The maximum Gasteiger partial charge on any atom is 0.387 e. The van der Waals surface area contributed by atoms with Crippen molar-refractivity contribution in [1.82, 2.24) is 9.88 Å². The van der Waals surface area contributed by atoms with Gasteiger partial charge in [-0.1, -0.05) is 12.1 Å². The van der Waals surface area contributed by atoms with Crippen LogP contribution in [0, 0.1) is 11.3 Å². The van der Waals surface area contributed by atoms with E-state index in [4.69, 9.17) is 5.26 Å². The van der Waals surface area contributed by atoms with Gasteiger partial charge in [-0.25, -0.2) is 4.98 Å². The lowest BCUT2D eigenvalue weighted by Gasteiger charge is -2.36. The molecule has 0 atom stereocenters. The van der Waals surface area contributed by atoms with Crippen LogP contribution in [0.2, 0.25) is 0 Å². The summed E-state index contributed by atoms with van der Waals surface area (Å²) in [5, 5.41) is 8.79. The van der Waals surface area contributed by atoms with E-state index in [0.717, 1.165) is 5.69 Å². The van der Waals surface area contributed by atoms with E-state index in [1.165, 1.54) is 12.1 Å². The molecule has 1 aliphatic heterocycles. The van der Waals surface area contributed by atoms with Crippen molar-refractivity contribution in [2.75, 3.05) is 31.1 Å². The third-order valence-corrected chi connectivity index (χ3v) is 4.13. The number of anilines is 1. The first-order chi connectivity index (χ1) is 12.6. The smallest absolute Gasteiger partial charge is 0.387 e. The number of nitriles is 1. The molecule has 2 aromatic rings. The van der Waals surface area contributed by atoms with E-state index in [-0.39, 0.29) is 17.2 Å². The highest BCUT2D eigenvalue weighted by Gasteiger charge is 2.25. The molecule has 1 aliphatic rings. The van der Waals surface area contributed by atoms with Gasteiger partial charge in [0, 0.05) is 26.2 Å². The molecule has 0 unspecified atom stereocenters. The van der Waals surface area contributed by atoms with Crippen molar-refractivity contribution in [2.24, 2.45) is 0 Å². The van der Waals surface area contributed by atoms with Gasteiger partial charge in [0.05, 0.1) is 17.4 Å². The first-order valence-electron chi connectivity index (χ1n) is 8.02. The Kier molecular flexibility index (Phi) is 5.27. The molecule has 134 valence electrons. The maximum atomic E-state index is 12.7. The van der Waals surface area contributed by atoms with Crippen LogP contribution in [0.5, 0.6) is 5.75 Å². The van der Waals surface area contributed by atoms with Crippen LogP contribution in [-0.2, 0) is 0 Å². The van der Waals surface area contributed by atoms with Crippen molar-refractivity contribution in [3.63, 3.8) is 0 Å². The molecule has 6 nitrogen and oxygen atoms in total. The number of ether oxygens (including phenoxy) is 1. The zero-order valence-electron chi connectivity index (χ0n) is 13.8. The number of para-hydroxylation sites is 1. The van der Waals surface area contributed by atoms with Crippen LogP contribution < -0.4 is 9.64 Å². The van der Waals surface area contributed by atoms with Crippen molar-refractivity contribution in [3.8, 4) is 11.8 Å². The van der Waals surface area contributed by atoms with Crippen molar-refractivity contribution in [1.29, 1.82) is 5.26 Å². The number of hydrogen-bond donors (Lipinski definition) is 0. The Morgan fingerprint density at radius 3 is 2.50 bits per heavy atom. The molecular weight excluding hydrogens is 342 g/mol. The van der Waals surface area contributed by atoms with Crippen LogP contribution in [0.25, 0.3) is 0 Å². The average molecular weight is 358 g/mol. The SMILES string of the molecule is N#Cc1ccc(N2CCN(C(=O)c3ccccc3OC(F)F)CC2)cn1. The molecule has 1 aromatic carbocycles. The van der Waals surface area contributed by atoms with Crippen molar-refractivity contribution >= 4 is 11.6 Å². The number of piperazine rings is 1. The van der Waals surface area contributed by atoms with Gasteiger partial charge in [0.2, 0.25) is 0 Å². The maximum absolute atomic E-state index is 12.7. The number of aromatic nitrogens is 1. The minimum atomic E-state index is -2.98. The monoisotopic (exact) mass is 358 g/mol. The number of halogens is 2. The van der Waals surface area contributed by atoms with Gasteiger partial charge >= 0.3 is 6.61 Å². The molecule has 8 heteroatoms. The minimum absolute atomic E-state index is 0.119. The second-order valence-corrected chi connectivity index (χ2v) is 5.67. The molecule has 0 spiro atoms. The van der Waals surface area contributed by atoms with E-state index in [1.807, 2.05) is 12.1 Å². The topological polar surface area (TPSA) is 69.5 Å². The number of pyridine rings is 1. The van der Waals surface area contributed by atoms with E-state index < -0.39 is 6.61 Å². The van der Waals surface area contributed by atoms with Gasteiger partial charge in [0.1, 0.15) is 17.5 Å². The van der Waals surface area contributed by atoms with E-state index in [2.05, 4.69) is 14.6 Å². The summed E-state index contributed by atoms with van der Waals surface area (Å²) in [4.78, 5) is 20.4. The predicted molar refractivity (Wildman–Crippen MR) is 90.1 cm³/mol. The van der Waals surface area contributed by atoms with Gasteiger partial charge in [-0.15, -0.1) is 0 Å². The third-order valence-electron chi connectivity index (χ3n) is 4.13. The summed E-state index contributed by atoms with van der Waals surface area (Å²) in [6, 6.07) is 11.4. The first kappa shape index (κ1) is 17.6. The Balaban J connectivity index is 1.66. The fourth-order valence-corrected chi connectivity index (χ4v) is 2.82. The normalized spacial score (nSPS) is 14.2. The Labute approximate surface area is 149 Å². The molecule has 2 heterocycles. The number of carbonyl (C=O) groups is 1.